The molecule has 118 valence electrons. The Balaban J connectivity index is 1.81. The van der Waals surface area contributed by atoms with Crippen LogP contribution < -0.4 is 5.73 Å². The first-order valence-corrected chi connectivity index (χ1v) is 7.83. The molecule has 1 atom stereocenters. The lowest BCUT2D eigenvalue weighted by atomic mass is 9.95. The van der Waals surface area contributed by atoms with Gasteiger partial charge in [0.1, 0.15) is 0 Å². The molecule has 2 N–H and O–H groups in total. The maximum atomic E-state index is 12.5. The number of rotatable bonds is 5. The van der Waals surface area contributed by atoms with Gasteiger partial charge in [-0.15, -0.1) is 0 Å². The number of benzene rings is 2. The molecule has 0 spiro atoms. The van der Waals surface area contributed by atoms with E-state index in [1.165, 1.54) is 0 Å². The molecule has 2 aromatic rings. The molecule has 1 aliphatic heterocycles. The molecule has 0 unspecified atom stereocenters. The van der Waals surface area contributed by atoms with Crippen LogP contribution in [0.3, 0.4) is 0 Å². The van der Waals surface area contributed by atoms with E-state index in [1.54, 1.807) is 17.0 Å². The number of nitrogens with two attached hydrogens (primary N) is 1. The molecular formula is C18H17ClN2O2. The predicted molar refractivity (Wildman–Crippen MR) is 89.2 cm³/mol. The Kier molecular flexibility index (Phi) is 4.35. The molecule has 0 saturated carbocycles. The summed E-state index contributed by atoms with van der Waals surface area (Å²) in [5.41, 5.74) is 8.10. The van der Waals surface area contributed by atoms with Crippen molar-refractivity contribution in [3.8, 4) is 0 Å². The van der Waals surface area contributed by atoms with Gasteiger partial charge in [0.05, 0.1) is 0 Å². The zero-order chi connectivity index (χ0) is 16.4. The van der Waals surface area contributed by atoms with Crippen LogP contribution in [0.2, 0.25) is 5.02 Å². The van der Waals surface area contributed by atoms with Crippen molar-refractivity contribution in [2.45, 2.75) is 18.9 Å². The van der Waals surface area contributed by atoms with Crippen molar-refractivity contribution >= 4 is 23.4 Å². The summed E-state index contributed by atoms with van der Waals surface area (Å²) < 4.78 is 0. The first kappa shape index (κ1) is 15.6. The molecule has 23 heavy (non-hydrogen) atoms. The standard InChI is InChI=1S/C18H17ClN2O2/c19-15-7-5-12(6-8-15)14(9-17(20)22)11-21-10-13-3-1-2-4-16(13)18(21)23/h1-8,14H,9-11H2,(H2,20,22)/t14-/m0/s1. The summed E-state index contributed by atoms with van der Waals surface area (Å²) in [4.78, 5) is 25.7. The SMILES string of the molecule is NC(=O)C[C@@H](CN1Cc2ccccc2C1=O)c1ccc(Cl)cc1. The van der Waals surface area contributed by atoms with Crippen molar-refractivity contribution in [3.63, 3.8) is 0 Å². The van der Waals surface area contributed by atoms with Crippen LogP contribution in [-0.2, 0) is 11.3 Å². The van der Waals surface area contributed by atoms with E-state index < -0.39 is 0 Å². The van der Waals surface area contributed by atoms with E-state index in [4.69, 9.17) is 17.3 Å². The van der Waals surface area contributed by atoms with Crippen LogP contribution in [0.25, 0.3) is 0 Å². The normalized spacial score (nSPS) is 14.7. The number of fused-ring (bicyclic) bond motifs is 1. The van der Waals surface area contributed by atoms with Gasteiger partial charge in [-0.05, 0) is 29.3 Å². The number of primary amides is 1. The van der Waals surface area contributed by atoms with E-state index in [2.05, 4.69) is 0 Å². The topological polar surface area (TPSA) is 63.4 Å². The highest BCUT2D eigenvalue weighted by atomic mass is 35.5. The van der Waals surface area contributed by atoms with Crippen molar-refractivity contribution in [2.24, 2.45) is 5.73 Å². The number of carbonyl (C=O) groups is 2. The highest BCUT2D eigenvalue weighted by Crippen LogP contribution is 2.28. The first-order chi connectivity index (χ1) is 11.0. The molecule has 5 heteroatoms. The molecule has 0 aromatic heterocycles. The van der Waals surface area contributed by atoms with Crippen LogP contribution in [0.5, 0.6) is 0 Å². The Bertz CT molecular complexity index is 743. The Labute approximate surface area is 139 Å². The van der Waals surface area contributed by atoms with Crippen LogP contribution in [0.4, 0.5) is 0 Å². The second kappa shape index (κ2) is 6.42. The minimum absolute atomic E-state index is 0.00374. The fourth-order valence-electron chi connectivity index (χ4n) is 2.99. The highest BCUT2D eigenvalue weighted by Gasteiger charge is 2.29. The van der Waals surface area contributed by atoms with Crippen molar-refractivity contribution in [2.75, 3.05) is 6.54 Å². The lowest BCUT2D eigenvalue weighted by Crippen LogP contribution is -2.31. The van der Waals surface area contributed by atoms with Gasteiger partial charge in [-0.2, -0.15) is 0 Å². The molecule has 0 bridgehead atoms. The van der Waals surface area contributed by atoms with E-state index >= 15 is 0 Å². The van der Waals surface area contributed by atoms with Gasteiger partial charge in [-0.25, -0.2) is 0 Å². The van der Waals surface area contributed by atoms with Crippen molar-refractivity contribution in [1.82, 2.24) is 4.90 Å². The Morgan fingerprint density at radius 1 is 1.17 bits per heavy atom. The number of nitrogens with zero attached hydrogens (tertiary/aromatic N) is 1. The molecule has 4 nitrogen and oxygen atoms in total. The second-order valence-corrected chi connectivity index (χ2v) is 6.20. The van der Waals surface area contributed by atoms with E-state index in [9.17, 15) is 9.59 Å². The number of amides is 2. The molecule has 1 aliphatic rings. The van der Waals surface area contributed by atoms with Gasteiger partial charge >= 0.3 is 0 Å². The minimum atomic E-state index is -0.380. The lowest BCUT2D eigenvalue weighted by Gasteiger charge is -2.23. The highest BCUT2D eigenvalue weighted by molar-refractivity contribution is 6.30. The van der Waals surface area contributed by atoms with Crippen molar-refractivity contribution < 1.29 is 9.59 Å². The first-order valence-electron chi connectivity index (χ1n) is 7.45. The zero-order valence-corrected chi connectivity index (χ0v) is 13.3. The summed E-state index contributed by atoms with van der Waals surface area (Å²) >= 11 is 5.92. The second-order valence-electron chi connectivity index (χ2n) is 5.76. The van der Waals surface area contributed by atoms with Crippen LogP contribution in [-0.4, -0.2) is 23.3 Å². The van der Waals surface area contributed by atoms with E-state index in [0.29, 0.717) is 18.1 Å². The third-order valence-corrected chi connectivity index (χ3v) is 4.38. The average Bonchev–Trinajstić information content (AvgIpc) is 2.84. The van der Waals surface area contributed by atoms with Gasteiger partial charge in [0.2, 0.25) is 5.91 Å². The van der Waals surface area contributed by atoms with Crippen LogP contribution in [0.1, 0.15) is 33.8 Å². The summed E-state index contributed by atoms with van der Waals surface area (Å²) in [5.74, 6) is -0.513. The van der Waals surface area contributed by atoms with Gasteiger partial charge in [-0.3, -0.25) is 9.59 Å². The zero-order valence-electron chi connectivity index (χ0n) is 12.5. The smallest absolute Gasteiger partial charge is 0.254 e. The van der Waals surface area contributed by atoms with Crippen LogP contribution >= 0.6 is 11.6 Å². The van der Waals surface area contributed by atoms with E-state index in [1.807, 2.05) is 36.4 Å². The van der Waals surface area contributed by atoms with Crippen LogP contribution in [0.15, 0.2) is 48.5 Å². The number of carbonyl (C=O) groups excluding carboxylic acids is 2. The van der Waals surface area contributed by atoms with Gasteiger partial charge < -0.3 is 10.6 Å². The molecule has 0 aliphatic carbocycles. The molecule has 0 saturated heterocycles. The van der Waals surface area contributed by atoms with Crippen LogP contribution in [0, 0.1) is 0 Å². The Morgan fingerprint density at radius 2 is 1.87 bits per heavy atom. The average molecular weight is 329 g/mol. The maximum Gasteiger partial charge on any atom is 0.254 e. The minimum Gasteiger partial charge on any atom is -0.370 e. The molecule has 0 fully saturated rings. The van der Waals surface area contributed by atoms with Crippen molar-refractivity contribution in [3.05, 3.63) is 70.2 Å². The summed E-state index contributed by atoms with van der Waals surface area (Å²) in [6.07, 6.45) is 0.196. The van der Waals surface area contributed by atoms with Crippen molar-refractivity contribution in [1.29, 1.82) is 0 Å². The van der Waals surface area contributed by atoms with E-state index in [0.717, 1.165) is 16.7 Å². The third-order valence-electron chi connectivity index (χ3n) is 4.13. The summed E-state index contributed by atoms with van der Waals surface area (Å²) in [6.45, 7) is 1.02. The Morgan fingerprint density at radius 3 is 2.52 bits per heavy atom. The van der Waals surface area contributed by atoms with Gasteiger partial charge in [0.15, 0.2) is 0 Å². The van der Waals surface area contributed by atoms with Gasteiger partial charge in [0.25, 0.3) is 5.91 Å². The molecule has 0 radical (unpaired) electrons. The van der Waals surface area contributed by atoms with E-state index in [-0.39, 0.29) is 24.2 Å². The lowest BCUT2D eigenvalue weighted by molar-refractivity contribution is -0.118. The summed E-state index contributed by atoms with van der Waals surface area (Å²) in [5, 5.41) is 0.635. The largest absolute Gasteiger partial charge is 0.370 e. The number of hydrogen-bond acceptors (Lipinski definition) is 2. The predicted octanol–water partition coefficient (Wildman–Crippen LogP) is 2.96. The fraction of sp³-hybridized carbons (Fsp3) is 0.222. The summed E-state index contributed by atoms with van der Waals surface area (Å²) in [7, 11) is 0. The molecule has 2 aromatic carbocycles. The molecule has 2 amide bonds. The van der Waals surface area contributed by atoms with Gasteiger partial charge in [0, 0.05) is 36.0 Å². The number of halogens is 1. The molecule has 1 heterocycles. The quantitative estimate of drug-likeness (QED) is 0.917. The fourth-order valence-corrected chi connectivity index (χ4v) is 3.12. The molecule has 3 rings (SSSR count). The maximum absolute atomic E-state index is 12.5. The Hall–Kier alpha value is -2.33. The van der Waals surface area contributed by atoms with Gasteiger partial charge in [-0.1, -0.05) is 41.9 Å². The monoisotopic (exact) mass is 328 g/mol. The third kappa shape index (κ3) is 3.37. The number of hydrogen-bond donors (Lipinski definition) is 1. The summed E-state index contributed by atoms with van der Waals surface area (Å²) in [6, 6.07) is 14.9. The molecular weight excluding hydrogens is 312 g/mol.